The molecule has 144 valence electrons. The molecule has 0 saturated heterocycles. The SMILES string of the molecule is COc1ccc(C(=O)N2CCc3sccc3C2c2ccc(C)cc2)c(OC)c1. The van der Waals surface area contributed by atoms with Crippen LogP contribution in [0.25, 0.3) is 0 Å². The molecule has 0 saturated carbocycles. The van der Waals surface area contributed by atoms with E-state index in [9.17, 15) is 4.79 Å². The molecular weight excluding hydrogens is 370 g/mol. The molecule has 1 unspecified atom stereocenters. The molecule has 1 aromatic heterocycles. The van der Waals surface area contributed by atoms with Crippen LogP contribution in [-0.4, -0.2) is 31.6 Å². The van der Waals surface area contributed by atoms with Crippen LogP contribution >= 0.6 is 11.3 Å². The highest BCUT2D eigenvalue weighted by Crippen LogP contribution is 2.39. The van der Waals surface area contributed by atoms with Gasteiger partial charge in [0, 0.05) is 17.5 Å². The molecule has 0 fully saturated rings. The highest BCUT2D eigenvalue weighted by molar-refractivity contribution is 7.10. The van der Waals surface area contributed by atoms with Gasteiger partial charge in [-0.25, -0.2) is 0 Å². The van der Waals surface area contributed by atoms with Gasteiger partial charge in [0.2, 0.25) is 0 Å². The summed E-state index contributed by atoms with van der Waals surface area (Å²) in [6.07, 6.45) is 0.875. The highest BCUT2D eigenvalue weighted by atomic mass is 32.1. The van der Waals surface area contributed by atoms with E-state index in [0.29, 0.717) is 23.6 Å². The summed E-state index contributed by atoms with van der Waals surface area (Å²) in [5.74, 6) is 1.17. The van der Waals surface area contributed by atoms with Crippen LogP contribution in [-0.2, 0) is 6.42 Å². The fourth-order valence-electron chi connectivity index (χ4n) is 3.77. The molecule has 2 aromatic carbocycles. The largest absolute Gasteiger partial charge is 0.497 e. The summed E-state index contributed by atoms with van der Waals surface area (Å²) in [6.45, 7) is 2.76. The zero-order valence-corrected chi connectivity index (χ0v) is 17.1. The van der Waals surface area contributed by atoms with Gasteiger partial charge in [-0.15, -0.1) is 11.3 Å². The van der Waals surface area contributed by atoms with E-state index < -0.39 is 0 Å². The average molecular weight is 394 g/mol. The molecule has 2 heterocycles. The number of carbonyl (C=O) groups excluding carboxylic acids is 1. The lowest BCUT2D eigenvalue weighted by Gasteiger charge is -2.36. The van der Waals surface area contributed by atoms with Crippen LogP contribution in [0.15, 0.2) is 53.9 Å². The van der Waals surface area contributed by atoms with Gasteiger partial charge in [0.05, 0.1) is 25.8 Å². The van der Waals surface area contributed by atoms with Gasteiger partial charge in [0.15, 0.2) is 0 Å². The first-order chi connectivity index (χ1) is 13.6. The minimum Gasteiger partial charge on any atom is -0.497 e. The molecule has 0 aliphatic carbocycles. The predicted octanol–water partition coefficient (Wildman–Crippen LogP) is 4.86. The standard InChI is InChI=1S/C23H23NO3S/c1-15-4-6-16(7-5-15)22-19-11-13-28-21(19)10-12-24(22)23(25)18-9-8-17(26-2)14-20(18)27-3/h4-9,11,13-14,22H,10,12H2,1-3H3. The number of hydrogen-bond acceptors (Lipinski definition) is 4. The zero-order valence-electron chi connectivity index (χ0n) is 16.3. The van der Waals surface area contributed by atoms with Crippen LogP contribution in [0, 0.1) is 6.92 Å². The molecule has 3 aromatic rings. The second-order valence-corrected chi connectivity index (χ2v) is 7.93. The maximum atomic E-state index is 13.6. The Kier molecular flexibility index (Phi) is 5.09. The van der Waals surface area contributed by atoms with Gasteiger partial charge in [-0.05, 0) is 48.1 Å². The predicted molar refractivity (Wildman–Crippen MR) is 112 cm³/mol. The average Bonchev–Trinajstić information content (AvgIpc) is 3.21. The molecule has 0 radical (unpaired) electrons. The number of ether oxygens (including phenoxy) is 2. The number of fused-ring (bicyclic) bond motifs is 1. The molecular formula is C23H23NO3S. The van der Waals surface area contributed by atoms with E-state index in [1.807, 2.05) is 4.90 Å². The monoisotopic (exact) mass is 393 g/mol. The van der Waals surface area contributed by atoms with E-state index in [4.69, 9.17) is 9.47 Å². The van der Waals surface area contributed by atoms with Crippen molar-refractivity contribution in [2.45, 2.75) is 19.4 Å². The molecule has 28 heavy (non-hydrogen) atoms. The Labute approximate surface area is 169 Å². The number of nitrogens with zero attached hydrogens (tertiary/aromatic N) is 1. The van der Waals surface area contributed by atoms with Crippen LogP contribution in [0.4, 0.5) is 0 Å². The molecule has 0 spiro atoms. The Bertz CT molecular complexity index is 993. The first-order valence-corrected chi connectivity index (χ1v) is 10.2. The van der Waals surface area contributed by atoms with Crippen molar-refractivity contribution < 1.29 is 14.3 Å². The van der Waals surface area contributed by atoms with Gasteiger partial charge in [0.1, 0.15) is 11.5 Å². The molecule has 1 atom stereocenters. The molecule has 0 bridgehead atoms. The molecule has 0 N–H and O–H groups in total. The Morgan fingerprint density at radius 2 is 1.86 bits per heavy atom. The van der Waals surface area contributed by atoms with E-state index in [0.717, 1.165) is 12.0 Å². The van der Waals surface area contributed by atoms with Crippen molar-refractivity contribution in [3.63, 3.8) is 0 Å². The number of benzene rings is 2. The van der Waals surface area contributed by atoms with Crippen molar-refractivity contribution in [3.8, 4) is 11.5 Å². The fraction of sp³-hybridized carbons (Fsp3) is 0.261. The summed E-state index contributed by atoms with van der Waals surface area (Å²) in [5.41, 5.74) is 4.12. The zero-order chi connectivity index (χ0) is 19.7. The van der Waals surface area contributed by atoms with Gasteiger partial charge in [-0.1, -0.05) is 29.8 Å². The summed E-state index contributed by atoms with van der Waals surface area (Å²) in [7, 11) is 3.18. The smallest absolute Gasteiger partial charge is 0.258 e. The lowest BCUT2D eigenvalue weighted by molar-refractivity contribution is 0.0692. The van der Waals surface area contributed by atoms with Crippen molar-refractivity contribution in [1.82, 2.24) is 4.90 Å². The van der Waals surface area contributed by atoms with Crippen LogP contribution in [0.2, 0.25) is 0 Å². The summed E-state index contributed by atoms with van der Waals surface area (Å²) < 4.78 is 10.8. The van der Waals surface area contributed by atoms with Gasteiger partial charge in [-0.3, -0.25) is 4.79 Å². The van der Waals surface area contributed by atoms with Crippen molar-refractivity contribution in [1.29, 1.82) is 0 Å². The Hall–Kier alpha value is -2.79. The third-order valence-electron chi connectivity index (χ3n) is 5.26. The van der Waals surface area contributed by atoms with Crippen molar-refractivity contribution in [2.24, 2.45) is 0 Å². The Morgan fingerprint density at radius 3 is 2.57 bits per heavy atom. The summed E-state index contributed by atoms with van der Waals surface area (Å²) >= 11 is 1.77. The summed E-state index contributed by atoms with van der Waals surface area (Å²) in [6, 6.07) is 15.9. The summed E-state index contributed by atoms with van der Waals surface area (Å²) in [5, 5.41) is 2.12. The first-order valence-electron chi connectivity index (χ1n) is 9.28. The number of amides is 1. The molecule has 4 rings (SSSR count). The van der Waals surface area contributed by atoms with Crippen LogP contribution in [0.5, 0.6) is 11.5 Å². The van der Waals surface area contributed by atoms with Crippen molar-refractivity contribution >= 4 is 17.2 Å². The molecule has 1 amide bonds. The first kappa shape index (κ1) is 18.6. The van der Waals surface area contributed by atoms with Gasteiger partial charge < -0.3 is 14.4 Å². The van der Waals surface area contributed by atoms with Crippen LogP contribution < -0.4 is 9.47 Å². The molecule has 1 aliphatic heterocycles. The van der Waals surface area contributed by atoms with Gasteiger partial charge in [-0.2, -0.15) is 0 Å². The fourth-order valence-corrected chi connectivity index (χ4v) is 4.68. The van der Waals surface area contributed by atoms with E-state index in [1.54, 1.807) is 43.8 Å². The maximum absolute atomic E-state index is 13.6. The molecule has 1 aliphatic rings. The normalized spacial score (nSPS) is 15.8. The van der Waals surface area contributed by atoms with E-state index in [-0.39, 0.29) is 11.9 Å². The number of aryl methyl sites for hydroxylation is 1. The third kappa shape index (κ3) is 3.27. The maximum Gasteiger partial charge on any atom is 0.258 e. The Balaban J connectivity index is 1.77. The van der Waals surface area contributed by atoms with E-state index >= 15 is 0 Å². The minimum atomic E-state index is -0.0880. The number of hydrogen-bond donors (Lipinski definition) is 0. The van der Waals surface area contributed by atoms with Gasteiger partial charge >= 0.3 is 0 Å². The quantitative estimate of drug-likeness (QED) is 0.635. The second kappa shape index (κ2) is 7.68. The van der Waals surface area contributed by atoms with Crippen LogP contribution in [0.1, 0.15) is 38.0 Å². The molecule has 5 heteroatoms. The van der Waals surface area contributed by atoms with Crippen LogP contribution in [0.3, 0.4) is 0 Å². The van der Waals surface area contributed by atoms with Gasteiger partial charge in [0.25, 0.3) is 5.91 Å². The lowest BCUT2D eigenvalue weighted by Crippen LogP contribution is -2.40. The Morgan fingerprint density at radius 1 is 1.07 bits per heavy atom. The van der Waals surface area contributed by atoms with Crippen molar-refractivity contribution in [2.75, 3.05) is 20.8 Å². The third-order valence-corrected chi connectivity index (χ3v) is 6.26. The second-order valence-electron chi connectivity index (χ2n) is 6.93. The van der Waals surface area contributed by atoms with Crippen molar-refractivity contribution in [3.05, 3.63) is 81.0 Å². The lowest BCUT2D eigenvalue weighted by atomic mass is 9.92. The van der Waals surface area contributed by atoms with E-state index in [2.05, 4.69) is 42.6 Å². The highest BCUT2D eigenvalue weighted by Gasteiger charge is 2.34. The number of carbonyl (C=O) groups is 1. The van der Waals surface area contributed by atoms with E-state index in [1.165, 1.54) is 16.0 Å². The number of rotatable bonds is 4. The number of methoxy groups -OCH3 is 2. The minimum absolute atomic E-state index is 0.0260. The summed E-state index contributed by atoms with van der Waals surface area (Å²) in [4.78, 5) is 16.9. The molecule has 4 nitrogen and oxygen atoms in total. The topological polar surface area (TPSA) is 38.8 Å². The number of thiophene rings is 1.